The van der Waals surface area contributed by atoms with Crippen LogP contribution in [0.3, 0.4) is 0 Å². The van der Waals surface area contributed by atoms with Gasteiger partial charge in [0.1, 0.15) is 12.2 Å². The number of hydrogen-bond acceptors (Lipinski definition) is 5. The molecular weight excluding hydrogens is 244 g/mol. The van der Waals surface area contributed by atoms with Crippen LogP contribution in [0.1, 0.15) is 19.7 Å². The molecular formula is C12H22N6O. The highest BCUT2D eigenvalue weighted by Gasteiger charge is 2.34. The van der Waals surface area contributed by atoms with Crippen molar-refractivity contribution in [1.29, 1.82) is 0 Å². The van der Waals surface area contributed by atoms with Gasteiger partial charge in [-0.2, -0.15) is 5.10 Å². The fraction of sp³-hybridized carbons (Fsp3) is 0.750. The molecule has 0 saturated carbocycles. The van der Waals surface area contributed by atoms with Gasteiger partial charge in [0.05, 0.1) is 5.54 Å². The zero-order valence-electron chi connectivity index (χ0n) is 11.6. The molecule has 19 heavy (non-hydrogen) atoms. The van der Waals surface area contributed by atoms with Crippen LogP contribution in [-0.4, -0.2) is 64.3 Å². The smallest absolute Gasteiger partial charge is 0.239 e. The van der Waals surface area contributed by atoms with Gasteiger partial charge in [-0.05, 0) is 13.8 Å². The summed E-state index contributed by atoms with van der Waals surface area (Å²) in [4.78, 5) is 18.5. The highest BCUT2D eigenvalue weighted by atomic mass is 16.2. The van der Waals surface area contributed by atoms with Gasteiger partial charge in [0.25, 0.3) is 0 Å². The Bertz CT molecular complexity index is 396. The lowest BCUT2D eigenvalue weighted by Crippen LogP contribution is -2.60. The molecule has 106 valence electrons. The van der Waals surface area contributed by atoms with E-state index in [4.69, 9.17) is 0 Å². The highest BCUT2D eigenvalue weighted by Crippen LogP contribution is 2.15. The molecule has 0 aromatic carbocycles. The van der Waals surface area contributed by atoms with Gasteiger partial charge in [0.2, 0.25) is 5.91 Å². The summed E-state index contributed by atoms with van der Waals surface area (Å²) in [5.74, 6) is 0.856. The van der Waals surface area contributed by atoms with Gasteiger partial charge in [-0.3, -0.25) is 14.8 Å². The topological polar surface area (TPSA) is 85.9 Å². The molecule has 0 aliphatic carbocycles. The Labute approximate surface area is 113 Å². The molecule has 3 N–H and O–H groups in total. The lowest BCUT2D eigenvalue weighted by molar-refractivity contribution is -0.132. The number of rotatable bonds is 5. The van der Waals surface area contributed by atoms with E-state index in [0.717, 1.165) is 32.0 Å². The number of amides is 1. The number of piperazine rings is 1. The van der Waals surface area contributed by atoms with Crippen molar-refractivity contribution in [1.82, 2.24) is 30.7 Å². The van der Waals surface area contributed by atoms with Gasteiger partial charge < -0.3 is 10.6 Å². The molecule has 1 fully saturated rings. The first-order valence-electron chi connectivity index (χ1n) is 6.69. The van der Waals surface area contributed by atoms with Gasteiger partial charge in [0.15, 0.2) is 0 Å². The minimum atomic E-state index is -0.469. The zero-order valence-corrected chi connectivity index (χ0v) is 11.6. The van der Waals surface area contributed by atoms with E-state index in [0.29, 0.717) is 13.0 Å². The molecule has 1 aliphatic rings. The Kier molecular flexibility index (Phi) is 4.49. The Morgan fingerprint density at radius 3 is 2.84 bits per heavy atom. The third-order valence-electron chi connectivity index (χ3n) is 3.58. The Morgan fingerprint density at radius 1 is 1.47 bits per heavy atom. The van der Waals surface area contributed by atoms with Crippen molar-refractivity contribution in [3.63, 3.8) is 0 Å². The van der Waals surface area contributed by atoms with Gasteiger partial charge in [-0.25, -0.2) is 4.98 Å². The number of aromatic nitrogens is 3. The van der Waals surface area contributed by atoms with Crippen molar-refractivity contribution in [2.75, 3.05) is 32.7 Å². The summed E-state index contributed by atoms with van der Waals surface area (Å²) < 4.78 is 0. The molecule has 0 atom stereocenters. The lowest BCUT2D eigenvalue weighted by atomic mass is 10.0. The van der Waals surface area contributed by atoms with E-state index in [9.17, 15) is 4.79 Å². The van der Waals surface area contributed by atoms with Gasteiger partial charge in [-0.1, -0.05) is 0 Å². The summed E-state index contributed by atoms with van der Waals surface area (Å²) in [5, 5.41) is 12.8. The average Bonchev–Trinajstić information content (AvgIpc) is 2.93. The highest BCUT2D eigenvalue weighted by molar-refractivity contribution is 5.85. The van der Waals surface area contributed by atoms with Crippen LogP contribution >= 0.6 is 0 Å². The first kappa shape index (κ1) is 14.0. The van der Waals surface area contributed by atoms with Crippen molar-refractivity contribution in [2.45, 2.75) is 25.8 Å². The van der Waals surface area contributed by atoms with Crippen molar-refractivity contribution in [3.05, 3.63) is 12.2 Å². The number of nitrogens with one attached hydrogen (secondary N) is 3. The van der Waals surface area contributed by atoms with Crippen LogP contribution in [0.2, 0.25) is 0 Å². The third kappa shape index (κ3) is 3.51. The van der Waals surface area contributed by atoms with Crippen LogP contribution in [0.5, 0.6) is 0 Å². The molecule has 1 aromatic heterocycles. The quantitative estimate of drug-likeness (QED) is 0.646. The fourth-order valence-corrected chi connectivity index (χ4v) is 2.23. The molecule has 1 saturated heterocycles. The summed E-state index contributed by atoms with van der Waals surface area (Å²) >= 11 is 0. The fourth-order valence-electron chi connectivity index (χ4n) is 2.23. The predicted molar refractivity (Wildman–Crippen MR) is 71.6 cm³/mol. The van der Waals surface area contributed by atoms with Crippen molar-refractivity contribution < 1.29 is 4.79 Å². The Balaban J connectivity index is 1.80. The maximum absolute atomic E-state index is 12.3. The second kappa shape index (κ2) is 6.12. The molecule has 0 radical (unpaired) electrons. The van der Waals surface area contributed by atoms with Crippen LogP contribution in [0.4, 0.5) is 0 Å². The van der Waals surface area contributed by atoms with Crippen molar-refractivity contribution in [3.8, 4) is 0 Å². The zero-order chi connectivity index (χ0) is 13.7. The van der Waals surface area contributed by atoms with Gasteiger partial charge in [-0.15, -0.1) is 0 Å². The standard InChI is InChI=1S/C12H22N6O/c1-12(2,18-7-5-13-6-8-18)11(19)14-4-3-10-15-9-16-17-10/h9,13H,3-8H2,1-2H3,(H,14,19)(H,15,16,17). The number of carbonyl (C=O) groups is 1. The summed E-state index contributed by atoms with van der Waals surface area (Å²) in [6.07, 6.45) is 2.14. The average molecular weight is 266 g/mol. The second-order valence-corrected chi connectivity index (χ2v) is 5.23. The van der Waals surface area contributed by atoms with Gasteiger partial charge in [0, 0.05) is 39.1 Å². The monoisotopic (exact) mass is 266 g/mol. The minimum absolute atomic E-state index is 0.0638. The molecule has 2 rings (SSSR count). The first-order valence-corrected chi connectivity index (χ1v) is 6.69. The molecule has 0 bridgehead atoms. The summed E-state index contributed by atoms with van der Waals surface area (Å²) in [5.41, 5.74) is -0.469. The summed E-state index contributed by atoms with van der Waals surface area (Å²) in [6.45, 7) is 8.21. The second-order valence-electron chi connectivity index (χ2n) is 5.23. The third-order valence-corrected chi connectivity index (χ3v) is 3.58. The molecule has 0 unspecified atom stereocenters. The van der Waals surface area contributed by atoms with Crippen LogP contribution in [0, 0.1) is 0 Å². The van der Waals surface area contributed by atoms with Crippen molar-refractivity contribution in [2.24, 2.45) is 0 Å². The van der Waals surface area contributed by atoms with Crippen LogP contribution < -0.4 is 10.6 Å². The van der Waals surface area contributed by atoms with E-state index in [1.54, 1.807) is 0 Å². The van der Waals surface area contributed by atoms with Gasteiger partial charge >= 0.3 is 0 Å². The molecule has 7 heteroatoms. The van der Waals surface area contributed by atoms with E-state index in [1.807, 2.05) is 13.8 Å². The molecule has 1 amide bonds. The number of aromatic amines is 1. The molecule has 7 nitrogen and oxygen atoms in total. The van der Waals surface area contributed by atoms with Crippen LogP contribution in [0.15, 0.2) is 6.33 Å². The molecule has 1 aliphatic heterocycles. The number of H-pyrrole nitrogens is 1. The SMILES string of the molecule is CC(C)(C(=O)NCCc1ncn[nH]1)N1CCNCC1. The summed E-state index contributed by atoms with van der Waals surface area (Å²) in [6, 6.07) is 0. The lowest BCUT2D eigenvalue weighted by Gasteiger charge is -2.39. The van der Waals surface area contributed by atoms with E-state index < -0.39 is 5.54 Å². The maximum atomic E-state index is 12.3. The van der Waals surface area contributed by atoms with Crippen LogP contribution in [0.25, 0.3) is 0 Å². The number of carbonyl (C=O) groups excluding carboxylic acids is 1. The first-order chi connectivity index (χ1) is 9.10. The van der Waals surface area contributed by atoms with Crippen molar-refractivity contribution >= 4 is 5.91 Å². The largest absolute Gasteiger partial charge is 0.354 e. The Morgan fingerprint density at radius 2 is 2.21 bits per heavy atom. The normalized spacial score (nSPS) is 17.4. The number of nitrogens with zero attached hydrogens (tertiary/aromatic N) is 3. The summed E-state index contributed by atoms with van der Waals surface area (Å²) in [7, 11) is 0. The number of hydrogen-bond donors (Lipinski definition) is 3. The maximum Gasteiger partial charge on any atom is 0.239 e. The van der Waals surface area contributed by atoms with E-state index in [2.05, 4.69) is 30.7 Å². The molecule has 0 spiro atoms. The Hall–Kier alpha value is -1.47. The molecule has 2 heterocycles. The van der Waals surface area contributed by atoms with Crippen LogP contribution in [-0.2, 0) is 11.2 Å². The minimum Gasteiger partial charge on any atom is -0.354 e. The van der Waals surface area contributed by atoms with E-state index >= 15 is 0 Å². The molecule has 1 aromatic rings. The predicted octanol–water partition coefficient (Wildman–Crippen LogP) is -0.853. The van der Waals surface area contributed by atoms with E-state index in [1.165, 1.54) is 6.33 Å². The van der Waals surface area contributed by atoms with E-state index in [-0.39, 0.29) is 5.91 Å².